The van der Waals surface area contributed by atoms with Gasteiger partial charge in [0.1, 0.15) is 0 Å². The summed E-state index contributed by atoms with van der Waals surface area (Å²) in [6, 6.07) is 0. The van der Waals surface area contributed by atoms with Crippen LogP contribution >= 0.6 is 0 Å². The molecule has 2 N–H and O–H groups in total. The van der Waals surface area contributed by atoms with Gasteiger partial charge in [-0.05, 0) is 13.8 Å². The van der Waals surface area contributed by atoms with Crippen molar-refractivity contribution in [2.24, 2.45) is 5.73 Å². The minimum absolute atomic E-state index is 0.0608. The Morgan fingerprint density at radius 2 is 1.78 bits per heavy atom. The molecular formula is C12H25N3O3. The molecular weight excluding hydrogens is 234 g/mol. The number of hydrogen-bond acceptors (Lipinski definition) is 4. The summed E-state index contributed by atoms with van der Waals surface area (Å²) in [5, 5.41) is 0. The second kappa shape index (κ2) is 7.33. The van der Waals surface area contributed by atoms with Crippen LogP contribution in [0.15, 0.2) is 0 Å². The van der Waals surface area contributed by atoms with Gasteiger partial charge in [0, 0.05) is 39.7 Å². The first-order valence-electron chi connectivity index (χ1n) is 5.93. The maximum atomic E-state index is 12.0. The zero-order valence-electron chi connectivity index (χ0n) is 12.0. The van der Waals surface area contributed by atoms with Crippen molar-refractivity contribution < 1.29 is 14.3 Å². The highest BCUT2D eigenvalue weighted by Crippen LogP contribution is 2.07. The molecule has 6 heteroatoms. The quantitative estimate of drug-likeness (QED) is 0.679. The van der Waals surface area contributed by atoms with Crippen molar-refractivity contribution in [1.82, 2.24) is 9.80 Å². The van der Waals surface area contributed by atoms with Gasteiger partial charge < -0.3 is 20.3 Å². The first-order valence-corrected chi connectivity index (χ1v) is 5.93. The predicted molar refractivity (Wildman–Crippen MR) is 70.0 cm³/mol. The third kappa shape index (κ3) is 7.24. The molecule has 6 nitrogen and oxygen atoms in total. The molecule has 0 saturated heterocycles. The van der Waals surface area contributed by atoms with E-state index in [9.17, 15) is 9.59 Å². The predicted octanol–water partition coefficient (Wildman–Crippen LogP) is -0.323. The van der Waals surface area contributed by atoms with E-state index in [0.29, 0.717) is 13.2 Å². The SMILES string of the molecule is COCCN(CC(=O)N(C)C)C(=O)CC(C)(C)N. The highest BCUT2D eigenvalue weighted by Gasteiger charge is 2.23. The monoisotopic (exact) mass is 259 g/mol. The smallest absolute Gasteiger partial charge is 0.241 e. The lowest BCUT2D eigenvalue weighted by Gasteiger charge is -2.27. The highest BCUT2D eigenvalue weighted by atomic mass is 16.5. The lowest BCUT2D eigenvalue weighted by atomic mass is 10.0. The number of carbonyl (C=O) groups is 2. The Hall–Kier alpha value is -1.14. The fraction of sp³-hybridized carbons (Fsp3) is 0.833. The highest BCUT2D eigenvalue weighted by molar-refractivity contribution is 5.85. The standard InChI is InChI=1S/C12H25N3O3/c1-12(2,13)8-10(16)15(6-7-18-5)9-11(17)14(3)4/h6-9,13H2,1-5H3. The van der Waals surface area contributed by atoms with E-state index < -0.39 is 5.54 Å². The zero-order valence-corrected chi connectivity index (χ0v) is 12.0. The molecule has 18 heavy (non-hydrogen) atoms. The number of carbonyl (C=O) groups excluding carboxylic acids is 2. The Kier molecular flexibility index (Phi) is 6.86. The van der Waals surface area contributed by atoms with Crippen molar-refractivity contribution in [3.8, 4) is 0 Å². The summed E-state index contributed by atoms with van der Waals surface area (Å²) in [4.78, 5) is 26.6. The van der Waals surface area contributed by atoms with Crippen molar-refractivity contribution in [2.75, 3.05) is 40.9 Å². The van der Waals surface area contributed by atoms with Crippen LogP contribution in [0.25, 0.3) is 0 Å². The van der Waals surface area contributed by atoms with E-state index in [1.165, 1.54) is 9.80 Å². The van der Waals surface area contributed by atoms with Gasteiger partial charge in [-0.25, -0.2) is 0 Å². The molecule has 0 fully saturated rings. The minimum atomic E-state index is -0.580. The Bertz CT molecular complexity index is 285. The summed E-state index contributed by atoms with van der Waals surface area (Å²) in [7, 11) is 4.88. The van der Waals surface area contributed by atoms with Gasteiger partial charge in [-0.1, -0.05) is 0 Å². The fourth-order valence-electron chi connectivity index (χ4n) is 1.30. The number of nitrogens with zero attached hydrogens (tertiary/aromatic N) is 2. The number of methoxy groups -OCH3 is 1. The number of hydrogen-bond donors (Lipinski definition) is 1. The summed E-state index contributed by atoms with van der Waals surface area (Å²) >= 11 is 0. The maximum Gasteiger partial charge on any atom is 0.241 e. The van der Waals surface area contributed by atoms with Crippen molar-refractivity contribution >= 4 is 11.8 Å². The van der Waals surface area contributed by atoms with Crippen LogP contribution in [0.4, 0.5) is 0 Å². The average Bonchev–Trinajstić information content (AvgIpc) is 2.20. The third-order valence-corrected chi connectivity index (χ3v) is 2.35. The minimum Gasteiger partial charge on any atom is -0.383 e. The number of ether oxygens (including phenoxy) is 1. The van der Waals surface area contributed by atoms with E-state index in [-0.39, 0.29) is 24.8 Å². The van der Waals surface area contributed by atoms with E-state index in [2.05, 4.69) is 0 Å². The molecule has 0 aliphatic heterocycles. The summed E-state index contributed by atoms with van der Waals surface area (Å²) in [5.41, 5.74) is 5.24. The van der Waals surface area contributed by atoms with Crippen molar-refractivity contribution in [3.63, 3.8) is 0 Å². The first-order chi connectivity index (χ1) is 8.17. The molecule has 106 valence electrons. The molecule has 0 unspecified atom stereocenters. The Morgan fingerprint density at radius 1 is 1.22 bits per heavy atom. The molecule has 0 aromatic rings. The lowest BCUT2D eigenvalue weighted by Crippen LogP contribution is -2.46. The van der Waals surface area contributed by atoms with E-state index in [4.69, 9.17) is 10.5 Å². The van der Waals surface area contributed by atoms with Gasteiger partial charge in [-0.3, -0.25) is 9.59 Å². The second-order valence-corrected chi connectivity index (χ2v) is 5.26. The molecule has 0 aliphatic carbocycles. The van der Waals surface area contributed by atoms with Gasteiger partial charge in [-0.15, -0.1) is 0 Å². The summed E-state index contributed by atoms with van der Waals surface area (Å²) in [6.45, 7) is 4.42. The number of amides is 2. The Labute approximate surface area is 109 Å². The molecule has 0 aromatic heterocycles. The Balaban J connectivity index is 4.56. The van der Waals surface area contributed by atoms with E-state index in [1.807, 2.05) is 0 Å². The largest absolute Gasteiger partial charge is 0.383 e. The van der Waals surface area contributed by atoms with Gasteiger partial charge in [0.25, 0.3) is 0 Å². The molecule has 0 saturated carbocycles. The van der Waals surface area contributed by atoms with Crippen LogP contribution < -0.4 is 5.73 Å². The van der Waals surface area contributed by atoms with Crippen LogP contribution in [0.5, 0.6) is 0 Å². The van der Waals surface area contributed by atoms with E-state index in [1.54, 1.807) is 35.1 Å². The van der Waals surface area contributed by atoms with E-state index in [0.717, 1.165) is 0 Å². The molecule has 0 rings (SSSR count). The Morgan fingerprint density at radius 3 is 2.17 bits per heavy atom. The summed E-state index contributed by atoms with van der Waals surface area (Å²) < 4.78 is 4.94. The zero-order chi connectivity index (χ0) is 14.3. The molecule has 0 bridgehead atoms. The molecule has 0 heterocycles. The van der Waals surface area contributed by atoms with Crippen LogP contribution in [-0.4, -0.2) is 68.1 Å². The van der Waals surface area contributed by atoms with Crippen LogP contribution in [-0.2, 0) is 14.3 Å². The fourth-order valence-corrected chi connectivity index (χ4v) is 1.30. The van der Waals surface area contributed by atoms with E-state index >= 15 is 0 Å². The molecule has 0 aliphatic rings. The second-order valence-electron chi connectivity index (χ2n) is 5.26. The number of nitrogens with two attached hydrogens (primary N) is 1. The van der Waals surface area contributed by atoms with Crippen molar-refractivity contribution in [1.29, 1.82) is 0 Å². The molecule has 0 aromatic carbocycles. The van der Waals surface area contributed by atoms with Crippen molar-refractivity contribution in [2.45, 2.75) is 25.8 Å². The summed E-state index contributed by atoms with van der Waals surface area (Å²) in [5.74, 6) is -0.246. The van der Waals surface area contributed by atoms with Gasteiger partial charge in [0.15, 0.2) is 0 Å². The topological polar surface area (TPSA) is 75.9 Å². The average molecular weight is 259 g/mol. The number of likely N-dealkylation sites (N-methyl/N-ethyl adjacent to an activating group) is 1. The van der Waals surface area contributed by atoms with Gasteiger partial charge in [-0.2, -0.15) is 0 Å². The molecule has 0 atom stereocenters. The van der Waals surface area contributed by atoms with Crippen LogP contribution in [0, 0.1) is 0 Å². The van der Waals surface area contributed by atoms with Gasteiger partial charge >= 0.3 is 0 Å². The normalized spacial score (nSPS) is 11.2. The summed E-state index contributed by atoms with van der Waals surface area (Å²) in [6.07, 6.45) is 0.206. The van der Waals surface area contributed by atoms with Gasteiger partial charge in [0.05, 0.1) is 13.2 Å². The van der Waals surface area contributed by atoms with Crippen LogP contribution in [0.3, 0.4) is 0 Å². The van der Waals surface area contributed by atoms with Crippen molar-refractivity contribution in [3.05, 3.63) is 0 Å². The van der Waals surface area contributed by atoms with Crippen LogP contribution in [0.1, 0.15) is 20.3 Å². The maximum absolute atomic E-state index is 12.0. The molecule has 2 amide bonds. The van der Waals surface area contributed by atoms with Crippen LogP contribution in [0.2, 0.25) is 0 Å². The number of rotatable bonds is 7. The van der Waals surface area contributed by atoms with Gasteiger partial charge in [0.2, 0.25) is 11.8 Å². The molecule has 0 radical (unpaired) electrons. The third-order valence-electron chi connectivity index (χ3n) is 2.35. The molecule has 0 spiro atoms. The lowest BCUT2D eigenvalue weighted by molar-refractivity contribution is -0.140. The first kappa shape index (κ1) is 16.9.